The van der Waals surface area contributed by atoms with Crippen LogP contribution >= 0.6 is 11.3 Å². The van der Waals surface area contributed by atoms with Crippen LogP contribution < -0.4 is 10.6 Å². The summed E-state index contributed by atoms with van der Waals surface area (Å²) in [5, 5.41) is 6.19. The fourth-order valence-corrected chi connectivity index (χ4v) is 3.12. The van der Waals surface area contributed by atoms with Crippen molar-refractivity contribution in [3.05, 3.63) is 70.2 Å². The molecule has 2 N–H and O–H groups in total. The maximum absolute atomic E-state index is 13.2. The smallest absolute Gasteiger partial charge is 0.267 e. The first-order valence-electron chi connectivity index (χ1n) is 7.49. The van der Waals surface area contributed by atoms with Crippen molar-refractivity contribution in [2.24, 2.45) is 0 Å². The van der Waals surface area contributed by atoms with Crippen LogP contribution in [0.15, 0.2) is 42.5 Å². The maximum Gasteiger partial charge on any atom is 0.267 e. The van der Waals surface area contributed by atoms with E-state index in [1.807, 2.05) is 31.2 Å². The predicted octanol–water partition coefficient (Wildman–Crippen LogP) is 5.03. The minimum absolute atomic E-state index is 0.0587. The van der Waals surface area contributed by atoms with Gasteiger partial charge >= 0.3 is 0 Å². The highest BCUT2D eigenvalue weighted by Crippen LogP contribution is 2.27. The third kappa shape index (κ3) is 4.19. The number of benzene rings is 2. The molecule has 128 valence electrons. The molecule has 4 nitrogen and oxygen atoms in total. The number of hydrogen-bond acceptors (Lipinski definition) is 4. The van der Waals surface area contributed by atoms with Gasteiger partial charge in [0, 0.05) is 17.4 Å². The Labute approximate surface area is 147 Å². The number of carbonyl (C=O) groups excluding carboxylic acids is 1. The van der Waals surface area contributed by atoms with Crippen LogP contribution in [0.3, 0.4) is 0 Å². The molecule has 0 unspecified atom stereocenters. The van der Waals surface area contributed by atoms with Gasteiger partial charge in [-0.2, -0.15) is 0 Å². The number of anilines is 3. The number of nitrogens with zero attached hydrogens (tertiary/aromatic N) is 1. The van der Waals surface area contributed by atoms with E-state index in [9.17, 15) is 13.6 Å². The number of thiazole rings is 1. The van der Waals surface area contributed by atoms with Gasteiger partial charge in [-0.05, 0) is 38.1 Å². The summed E-state index contributed by atoms with van der Waals surface area (Å²) in [6.07, 6.45) is 0. The molecule has 2 aromatic carbocycles. The number of halogens is 2. The van der Waals surface area contributed by atoms with Gasteiger partial charge < -0.3 is 10.6 Å². The molecule has 1 aromatic heterocycles. The Morgan fingerprint density at radius 3 is 2.28 bits per heavy atom. The van der Waals surface area contributed by atoms with E-state index in [2.05, 4.69) is 15.6 Å². The summed E-state index contributed by atoms with van der Waals surface area (Å²) in [4.78, 5) is 17.1. The van der Waals surface area contributed by atoms with E-state index < -0.39 is 17.5 Å². The summed E-state index contributed by atoms with van der Waals surface area (Å²) in [5.41, 5.74) is 2.60. The molecule has 0 aliphatic carbocycles. The molecule has 7 heteroatoms. The molecule has 0 saturated carbocycles. The zero-order chi connectivity index (χ0) is 18.0. The Balaban J connectivity index is 1.77. The Hall–Kier alpha value is -2.80. The molecule has 0 radical (unpaired) electrons. The number of aryl methyl sites for hydroxylation is 2. The SMILES string of the molecule is Cc1ccc(Nc2nc(C)c(C(=O)Nc3cc(F)cc(F)c3)s2)cc1. The van der Waals surface area contributed by atoms with Crippen LogP contribution in [0.25, 0.3) is 0 Å². The zero-order valence-corrected chi connectivity index (χ0v) is 14.4. The van der Waals surface area contributed by atoms with E-state index in [1.54, 1.807) is 6.92 Å². The fraction of sp³-hybridized carbons (Fsp3) is 0.111. The Kier molecular flexibility index (Phi) is 4.76. The monoisotopic (exact) mass is 359 g/mol. The van der Waals surface area contributed by atoms with Crippen LogP contribution in [0, 0.1) is 25.5 Å². The summed E-state index contributed by atoms with van der Waals surface area (Å²) in [6, 6.07) is 10.6. The van der Waals surface area contributed by atoms with Gasteiger partial charge in [-0.1, -0.05) is 29.0 Å². The van der Waals surface area contributed by atoms with Crippen molar-refractivity contribution in [2.45, 2.75) is 13.8 Å². The lowest BCUT2D eigenvalue weighted by atomic mass is 10.2. The minimum atomic E-state index is -0.752. The van der Waals surface area contributed by atoms with E-state index >= 15 is 0 Å². The van der Waals surface area contributed by atoms with Crippen LogP contribution in [0.2, 0.25) is 0 Å². The van der Waals surface area contributed by atoms with E-state index in [1.165, 1.54) is 11.3 Å². The van der Waals surface area contributed by atoms with Crippen molar-refractivity contribution >= 4 is 33.8 Å². The number of carbonyl (C=O) groups is 1. The van der Waals surface area contributed by atoms with Crippen LogP contribution in [0.4, 0.5) is 25.3 Å². The largest absolute Gasteiger partial charge is 0.332 e. The van der Waals surface area contributed by atoms with Gasteiger partial charge in [0.25, 0.3) is 5.91 Å². The van der Waals surface area contributed by atoms with E-state index in [0.717, 1.165) is 29.4 Å². The van der Waals surface area contributed by atoms with E-state index in [-0.39, 0.29) is 5.69 Å². The van der Waals surface area contributed by atoms with Crippen molar-refractivity contribution in [3.63, 3.8) is 0 Å². The molecular formula is C18H15F2N3OS. The summed E-state index contributed by atoms with van der Waals surface area (Å²) in [6.45, 7) is 3.70. The molecule has 0 atom stereocenters. The highest BCUT2D eigenvalue weighted by Gasteiger charge is 2.16. The van der Waals surface area contributed by atoms with Crippen LogP contribution in [-0.4, -0.2) is 10.9 Å². The maximum atomic E-state index is 13.2. The first-order valence-corrected chi connectivity index (χ1v) is 8.31. The summed E-state index contributed by atoms with van der Waals surface area (Å²) >= 11 is 1.17. The third-order valence-electron chi connectivity index (χ3n) is 3.43. The minimum Gasteiger partial charge on any atom is -0.332 e. The molecule has 0 aliphatic rings. The molecule has 1 amide bonds. The summed E-state index contributed by atoms with van der Waals surface area (Å²) < 4.78 is 26.4. The number of rotatable bonds is 4. The van der Waals surface area contributed by atoms with Crippen molar-refractivity contribution in [1.29, 1.82) is 0 Å². The Morgan fingerprint density at radius 1 is 1.00 bits per heavy atom. The number of nitrogens with one attached hydrogen (secondary N) is 2. The van der Waals surface area contributed by atoms with Gasteiger partial charge in [0.15, 0.2) is 5.13 Å². The van der Waals surface area contributed by atoms with Gasteiger partial charge in [-0.25, -0.2) is 13.8 Å². The zero-order valence-electron chi connectivity index (χ0n) is 13.6. The number of hydrogen-bond donors (Lipinski definition) is 2. The normalized spacial score (nSPS) is 10.6. The molecule has 3 rings (SSSR count). The number of aromatic nitrogens is 1. The van der Waals surface area contributed by atoms with Crippen LogP contribution in [0.1, 0.15) is 20.9 Å². The lowest BCUT2D eigenvalue weighted by Gasteiger charge is -2.04. The van der Waals surface area contributed by atoms with Crippen molar-refractivity contribution in [1.82, 2.24) is 4.98 Å². The van der Waals surface area contributed by atoms with Crippen LogP contribution in [-0.2, 0) is 0 Å². The van der Waals surface area contributed by atoms with E-state index in [4.69, 9.17) is 0 Å². The quantitative estimate of drug-likeness (QED) is 0.687. The highest BCUT2D eigenvalue weighted by atomic mass is 32.1. The van der Waals surface area contributed by atoms with Gasteiger partial charge in [-0.15, -0.1) is 0 Å². The van der Waals surface area contributed by atoms with E-state index in [0.29, 0.717) is 15.7 Å². The fourth-order valence-electron chi connectivity index (χ4n) is 2.23. The van der Waals surface area contributed by atoms with Gasteiger partial charge in [0.05, 0.1) is 5.69 Å². The number of amides is 1. The molecular weight excluding hydrogens is 344 g/mol. The topological polar surface area (TPSA) is 54.0 Å². The van der Waals surface area contributed by atoms with Crippen molar-refractivity contribution in [3.8, 4) is 0 Å². The van der Waals surface area contributed by atoms with Crippen LogP contribution in [0.5, 0.6) is 0 Å². The van der Waals surface area contributed by atoms with Gasteiger partial charge in [0.2, 0.25) is 0 Å². The molecule has 25 heavy (non-hydrogen) atoms. The Morgan fingerprint density at radius 2 is 1.64 bits per heavy atom. The second-order valence-corrected chi connectivity index (χ2v) is 6.54. The standard InChI is InChI=1S/C18H15F2N3OS/c1-10-3-5-14(6-4-10)23-18-21-11(2)16(25-18)17(24)22-15-8-12(19)7-13(20)9-15/h3-9H,1-2H3,(H,21,23)(H,22,24). The molecule has 1 heterocycles. The van der Waals surface area contributed by atoms with Crippen molar-refractivity contribution < 1.29 is 13.6 Å². The predicted molar refractivity (Wildman–Crippen MR) is 95.6 cm³/mol. The average Bonchev–Trinajstić information content (AvgIpc) is 2.89. The lowest BCUT2D eigenvalue weighted by molar-refractivity contribution is 0.103. The third-order valence-corrected chi connectivity index (χ3v) is 4.50. The second kappa shape index (κ2) is 6.98. The van der Waals surface area contributed by atoms with Gasteiger partial charge in [0.1, 0.15) is 16.5 Å². The molecule has 0 fully saturated rings. The lowest BCUT2D eigenvalue weighted by Crippen LogP contribution is -2.11. The molecule has 0 bridgehead atoms. The summed E-state index contributed by atoms with van der Waals surface area (Å²) in [5.74, 6) is -1.96. The first-order chi connectivity index (χ1) is 11.9. The van der Waals surface area contributed by atoms with Gasteiger partial charge in [-0.3, -0.25) is 4.79 Å². The molecule has 0 saturated heterocycles. The first kappa shape index (κ1) is 17.0. The average molecular weight is 359 g/mol. The molecule has 0 aliphatic heterocycles. The molecule has 0 spiro atoms. The summed E-state index contributed by atoms with van der Waals surface area (Å²) in [7, 11) is 0. The Bertz CT molecular complexity index is 902. The van der Waals surface area contributed by atoms with Crippen molar-refractivity contribution in [2.75, 3.05) is 10.6 Å². The molecule has 3 aromatic rings. The highest BCUT2D eigenvalue weighted by molar-refractivity contribution is 7.17. The second-order valence-electron chi connectivity index (χ2n) is 5.54.